The van der Waals surface area contributed by atoms with Gasteiger partial charge in [0, 0.05) is 6.07 Å². The number of nitrogens with two attached hydrogens (primary N) is 2. The Morgan fingerprint density at radius 1 is 1.32 bits per heavy atom. The first-order valence-electron chi connectivity index (χ1n) is 4.80. The van der Waals surface area contributed by atoms with Gasteiger partial charge in [0.2, 0.25) is 0 Å². The molecule has 0 saturated heterocycles. The van der Waals surface area contributed by atoms with Gasteiger partial charge in [-0.2, -0.15) is 13.6 Å². The van der Waals surface area contributed by atoms with E-state index in [-0.39, 0.29) is 28.9 Å². The molecule has 0 amide bonds. The van der Waals surface area contributed by atoms with Crippen LogP contribution in [0.1, 0.15) is 5.76 Å². The number of hydrogen-bond donors (Lipinski definition) is 4. The molecular weight excluding hydrogens is 278 g/mol. The van der Waals surface area contributed by atoms with E-state index in [2.05, 4.69) is 8.80 Å². The van der Waals surface area contributed by atoms with E-state index in [9.17, 15) is 13.6 Å². The summed E-state index contributed by atoms with van der Waals surface area (Å²) in [6.45, 7) is 0. The minimum atomic E-state index is -4.05. The summed E-state index contributed by atoms with van der Waals surface area (Å²) in [6.07, 6.45) is 1.25. The molecule has 11 heteroatoms. The molecule has 6 N–H and O–H groups in total. The molecule has 1 atom stereocenters. The molecule has 2 rings (SSSR count). The predicted molar refractivity (Wildman–Crippen MR) is 64.6 cm³/mol. The SMILES string of the molecule is NC1=NS(=O)(=O)N=C(N)C1=Cc1ccc([NH+]([O-])O)o1. The summed E-state index contributed by atoms with van der Waals surface area (Å²) in [5.41, 5.74) is 10.9. The van der Waals surface area contributed by atoms with Crippen molar-refractivity contribution in [1.29, 1.82) is 0 Å². The second-order valence-electron chi connectivity index (χ2n) is 3.47. The van der Waals surface area contributed by atoms with Crippen molar-refractivity contribution < 1.29 is 23.3 Å². The maximum atomic E-state index is 11.1. The minimum absolute atomic E-state index is 0.0427. The minimum Gasteiger partial charge on any atom is -0.592 e. The second-order valence-corrected chi connectivity index (χ2v) is 4.73. The van der Waals surface area contributed by atoms with Crippen LogP contribution in [0.4, 0.5) is 5.88 Å². The van der Waals surface area contributed by atoms with Gasteiger partial charge >= 0.3 is 16.1 Å². The van der Waals surface area contributed by atoms with Crippen LogP contribution >= 0.6 is 0 Å². The highest BCUT2D eigenvalue weighted by atomic mass is 32.2. The average molecular weight is 287 g/mol. The predicted octanol–water partition coefficient (Wildman–Crippen LogP) is -1.96. The fourth-order valence-corrected chi connectivity index (χ4v) is 2.07. The Morgan fingerprint density at radius 3 is 2.37 bits per heavy atom. The van der Waals surface area contributed by atoms with Gasteiger partial charge in [-0.1, -0.05) is 0 Å². The summed E-state index contributed by atoms with van der Waals surface area (Å²) in [6, 6.07) is 2.59. The quantitative estimate of drug-likeness (QED) is 0.457. The lowest BCUT2D eigenvalue weighted by Gasteiger charge is -2.09. The summed E-state index contributed by atoms with van der Waals surface area (Å²) in [4.78, 5) is 0. The fraction of sp³-hybridized carbons (Fsp3) is 0. The molecule has 0 aliphatic carbocycles. The zero-order valence-electron chi connectivity index (χ0n) is 9.27. The number of nitrogens with one attached hydrogen (secondary N) is 1. The molecule has 2 heterocycles. The summed E-state index contributed by atoms with van der Waals surface area (Å²) >= 11 is 0. The Labute approximate surface area is 107 Å². The molecule has 1 aromatic rings. The lowest BCUT2D eigenvalue weighted by molar-refractivity contribution is -0.997. The molecule has 102 valence electrons. The lowest BCUT2D eigenvalue weighted by atomic mass is 10.2. The van der Waals surface area contributed by atoms with Crippen LogP contribution in [-0.4, -0.2) is 25.3 Å². The molecule has 0 radical (unpaired) electrons. The van der Waals surface area contributed by atoms with Crippen molar-refractivity contribution in [3.8, 4) is 0 Å². The third kappa shape index (κ3) is 2.79. The van der Waals surface area contributed by atoms with Crippen LogP contribution in [0.3, 0.4) is 0 Å². The van der Waals surface area contributed by atoms with Crippen molar-refractivity contribution in [2.75, 3.05) is 0 Å². The van der Waals surface area contributed by atoms with Crippen molar-refractivity contribution in [2.24, 2.45) is 20.3 Å². The molecule has 1 aromatic heterocycles. The van der Waals surface area contributed by atoms with Crippen molar-refractivity contribution in [2.45, 2.75) is 0 Å². The van der Waals surface area contributed by atoms with Crippen molar-refractivity contribution in [1.82, 2.24) is 0 Å². The van der Waals surface area contributed by atoms with Gasteiger partial charge < -0.3 is 21.1 Å². The average Bonchev–Trinajstić information content (AvgIpc) is 2.70. The van der Waals surface area contributed by atoms with Crippen LogP contribution in [-0.2, 0) is 10.2 Å². The summed E-state index contributed by atoms with van der Waals surface area (Å²) in [5.74, 6) is -0.842. The molecule has 0 spiro atoms. The zero-order valence-corrected chi connectivity index (χ0v) is 10.1. The maximum absolute atomic E-state index is 11.1. The van der Waals surface area contributed by atoms with Crippen molar-refractivity contribution >= 4 is 33.8 Å². The van der Waals surface area contributed by atoms with Crippen molar-refractivity contribution in [3.05, 3.63) is 28.7 Å². The van der Waals surface area contributed by atoms with Gasteiger partial charge in [-0.15, -0.1) is 8.80 Å². The van der Waals surface area contributed by atoms with Crippen molar-refractivity contribution in [3.63, 3.8) is 0 Å². The van der Waals surface area contributed by atoms with Crippen LogP contribution in [0.25, 0.3) is 6.08 Å². The van der Waals surface area contributed by atoms with E-state index in [4.69, 9.17) is 21.1 Å². The molecule has 1 aliphatic heterocycles. The Morgan fingerprint density at radius 2 is 1.89 bits per heavy atom. The highest BCUT2D eigenvalue weighted by molar-refractivity contribution is 7.89. The number of nitrogens with zero attached hydrogens (tertiary/aromatic N) is 2. The molecular formula is C8H9N5O5S. The number of hydrogen-bond acceptors (Lipinski definition) is 7. The molecule has 1 unspecified atom stereocenters. The van der Waals surface area contributed by atoms with Crippen LogP contribution < -0.4 is 16.7 Å². The molecule has 0 bridgehead atoms. The first-order valence-corrected chi connectivity index (χ1v) is 6.19. The van der Waals surface area contributed by atoms with E-state index >= 15 is 0 Å². The topological polar surface area (TPSA) is 172 Å². The smallest absolute Gasteiger partial charge is 0.366 e. The first-order chi connectivity index (χ1) is 8.78. The highest BCUT2D eigenvalue weighted by Crippen LogP contribution is 2.16. The van der Waals surface area contributed by atoms with Crippen LogP contribution in [0.5, 0.6) is 0 Å². The van der Waals surface area contributed by atoms with E-state index in [0.29, 0.717) is 0 Å². The third-order valence-electron chi connectivity index (χ3n) is 2.10. The van der Waals surface area contributed by atoms with Gasteiger partial charge in [-0.05, 0) is 12.1 Å². The van der Waals surface area contributed by atoms with E-state index in [1.807, 2.05) is 0 Å². The standard InChI is InChI=1S/C8H9N5O5S/c9-7-5(8(10)12-19(16,17)11-7)3-4-1-2-6(18-4)13(14)15/h1-3,13-14H,(H2,9,11)(H2,10,12). The Kier molecular flexibility index (Phi) is 3.11. The van der Waals surface area contributed by atoms with Crippen LogP contribution in [0.2, 0.25) is 0 Å². The fourth-order valence-electron chi connectivity index (χ4n) is 1.33. The van der Waals surface area contributed by atoms with Gasteiger partial charge in [0.05, 0.1) is 5.57 Å². The zero-order chi connectivity index (χ0) is 14.2. The summed E-state index contributed by atoms with van der Waals surface area (Å²) < 4.78 is 33.5. The molecule has 0 saturated carbocycles. The van der Waals surface area contributed by atoms with E-state index in [0.717, 1.165) is 0 Å². The van der Waals surface area contributed by atoms with Gasteiger partial charge in [-0.25, -0.2) is 5.21 Å². The number of furan rings is 1. The normalized spacial score (nSPS) is 19.6. The summed E-state index contributed by atoms with van der Waals surface area (Å²) in [5, 5.41) is 18.1. The Hall–Kier alpha value is -2.21. The van der Waals surface area contributed by atoms with Gasteiger partial charge in [0.25, 0.3) is 0 Å². The Balaban J connectivity index is 2.41. The number of quaternary nitrogens is 1. The van der Waals surface area contributed by atoms with Gasteiger partial charge in [0.1, 0.15) is 17.4 Å². The number of rotatable bonds is 2. The molecule has 19 heavy (non-hydrogen) atoms. The largest absolute Gasteiger partial charge is 0.592 e. The monoisotopic (exact) mass is 287 g/mol. The Bertz CT molecular complexity index is 671. The van der Waals surface area contributed by atoms with Gasteiger partial charge in [-0.3, -0.25) is 0 Å². The molecule has 0 fully saturated rings. The molecule has 0 aromatic carbocycles. The van der Waals surface area contributed by atoms with Crippen LogP contribution in [0, 0.1) is 5.21 Å². The van der Waals surface area contributed by atoms with Gasteiger partial charge in [0.15, 0.2) is 0 Å². The third-order valence-corrected chi connectivity index (χ3v) is 2.96. The first kappa shape index (κ1) is 13.2. The van der Waals surface area contributed by atoms with E-state index < -0.39 is 15.4 Å². The van der Waals surface area contributed by atoms with E-state index in [1.54, 1.807) is 0 Å². The summed E-state index contributed by atoms with van der Waals surface area (Å²) in [7, 11) is -4.05. The lowest BCUT2D eigenvalue weighted by Crippen LogP contribution is -2.99. The highest BCUT2D eigenvalue weighted by Gasteiger charge is 2.21. The van der Waals surface area contributed by atoms with E-state index in [1.165, 1.54) is 18.2 Å². The molecule has 1 aliphatic rings. The van der Waals surface area contributed by atoms with Crippen LogP contribution in [0.15, 0.2) is 30.9 Å². The number of amidine groups is 2. The maximum Gasteiger partial charge on any atom is 0.366 e. The molecule has 10 nitrogen and oxygen atoms in total. The second kappa shape index (κ2) is 4.47.